The number of aldehydes is 1. The van der Waals surface area contributed by atoms with Crippen LogP contribution in [-0.4, -0.2) is 113 Å². The van der Waals surface area contributed by atoms with Gasteiger partial charge in [0.15, 0.2) is 6.29 Å². The number of fused-ring (bicyclic) bond motifs is 2. The highest BCUT2D eigenvalue weighted by atomic mass is 35.5. The van der Waals surface area contributed by atoms with Crippen LogP contribution in [0.3, 0.4) is 0 Å². The molecular weight excluding hydrogens is 813 g/mol. The predicted octanol–water partition coefficient (Wildman–Crippen LogP) is 8.92. The molecule has 1 atom stereocenters. The molecule has 1 aliphatic rings. The molecule has 0 amide bonds. The molecule has 0 radical (unpaired) electrons. The fourth-order valence-electron chi connectivity index (χ4n) is 9.09. The summed E-state index contributed by atoms with van der Waals surface area (Å²) in [6.07, 6.45) is 2.21. The van der Waals surface area contributed by atoms with Crippen molar-refractivity contribution < 1.29 is 24.2 Å². The molecular formula is C47H57Cl2N7O5. The number of hydrogen-bond donors (Lipinski definition) is 1. The van der Waals surface area contributed by atoms with E-state index in [4.69, 9.17) is 37.8 Å². The number of aromatic carboxylic acids is 1. The number of carboxylic acids is 1. The summed E-state index contributed by atoms with van der Waals surface area (Å²) in [5.41, 5.74) is 9.65. The number of nitrogens with zero attached hydrogens (tertiary/aromatic N) is 7. The smallest absolute Gasteiger partial charge is 0.352 e. The number of ether oxygens (including phenoxy) is 2. The fraction of sp³-hybridized carbons (Fsp3) is 0.426. The third-order valence-electron chi connectivity index (χ3n) is 12.3. The van der Waals surface area contributed by atoms with E-state index >= 15 is 0 Å². The average molecular weight is 871 g/mol. The van der Waals surface area contributed by atoms with Crippen LogP contribution in [0.5, 0.6) is 11.5 Å². The van der Waals surface area contributed by atoms with Crippen molar-refractivity contribution >= 4 is 63.0 Å². The van der Waals surface area contributed by atoms with E-state index in [0.717, 1.165) is 116 Å². The molecule has 0 unspecified atom stereocenters. The Morgan fingerprint density at radius 1 is 0.918 bits per heavy atom. The summed E-state index contributed by atoms with van der Waals surface area (Å²) in [5.74, 6) is 0.427. The minimum Gasteiger partial charge on any atom is -0.494 e. The fourth-order valence-corrected chi connectivity index (χ4v) is 9.44. The van der Waals surface area contributed by atoms with Crippen molar-refractivity contribution in [2.24, 2.45) is 14.1 Å². The summed E-state index contributed by atoms with van der Waals surface area (Å²) in [6, 6.07) is 13.2. The van der Waals surface area contributed by atoms with Gasteiger partial charge in [-0.25, -0.2) is 4.79 Å². The third kappa shape index (κ3) is 8.73. The largest absolute Gasteiger partial charge is 0.494 e. The number of carboxylic acid groups (broad SMARTS) is 1. The van der Waals surface area contributed by atoms with E-state index in [1.165, 1.54) is 0 Å². The Hall–Kier alpha value is -5.01. The van der Waals surface area contributed by atoms with Crippen LogP contribution in [0, 0.1) is 27.7 Å². The van der Waals surface area contributed by atoms with Gasteiger partial charge in [-0.15, -0.1) is 0 Å². The lowest BCUT2D eigenvalue weighted by Crippen LogP contribution is -2.45. The summed E-state index contributed by atoms with van der Waals surface area (Å²) in [7, 11) is 7.85. The Bertz CT molecular complexity index is 2600. The van der Waals surface area contributed by atoms with Gasteiger partial charge < -0.3 is 33.5 Å². The highest BCUT2D eigenvalue weighted by molar-refractivity contribution is 6.35. The first-order valence-electron chi connectivity index (χ1n) is 20.9. The molecule has 1 saturated heterocycles. The van der Waals surface area contributed by atoms with E-state index in [-0.39, 0.29) is 11.7 Å². The molecule has 14 heteroatoms. The zero-order chi connectivity index (χ0) is 43.9. The average Bonchev–Trinajstić information content (AvgIpc) is 3.82. The maximum absolute atomic E-state index is 13.5. The first kappa shape index (κ1) is 44.1. The lowest BCUT2D eigenvalue weighted by molar-refractivity contribution is 0.0687. The standard InChI is InChI=1S/C47H57Cl2N7O5/c1-28-21-34(22-29(2)44(28)49)60-19-10-11-36-37-12-13-38(48)43(42-31(4)50-54(9)32(42)5)46(37)56(41(36)27-57)30(3)26-52(7)39-25-35(61-20-18-55-16-14-51(6)15-17-55)23-33-24-40(47(58)59)53(8)45(33)39/h12-13,21-25,27,30H,10-11,14-20,26H2,1-9H3,(H,58,59)/t30-/m1/s1. The molecule has 1 aliphatic heterocycles. The van der Waals surface area contributed by atoms with Gasteiger partial charge in [-0.2, -0.15) is 5.10 Å². The first-order valence-corrected chi connectivity index (χ1v) is 21.7. The summed E-state index contributed by atoms with van der Waals surface area (Å²) in [4.78, 5) is 32.7. The number of carbonyl (C=O) groups excluding carboxylic acids is 1. The molecule has 12 nitrogen and oxygen atoms in total. The molecule has 4 heterocycles. The van der Waals surface area contributed by atoms with Gasteiger partial charge >= 0.3 is 5.97 Å². The molecule has 1 N–H and O–H groups in total. The second kappa shape index (κ2) is 18.1. The highest BCUT2D eigenvalue weighted by Gasteiger charge is 2.28. The molecule has 0 saturated carbocycles. The zero-order valence-electron chi connectivity index (χ0n) is 36.7. The number of benzene rings is 3. The number of likely N-dealkylation sites (N-methyl/N-ethyl adjacent to an activating group) is 2. The summed E-state index contributed by atoms with van der Waals surface area (Å²) in [5, 5.41) is 17.9. The quantitative estimate of drug-likeness (QED) is 0.0754. The van der Waals surface area contributed by atoms with Crippen molar-refractivity contribution in [1.29, 1.82) is 0 Å². The van der Waals surface area contributed by atoms with Crippen molar-refractivity contribution in [2.75, 3.05) is 71.5 Å². The number of aromatic nitrogens is 4. The molecule has 0 bridgehead atoms. The Balaban J connectivity index is 1.26. The highest BCUT2D eigenvalue weighted by Crippen LogP contribution is 2.43. The van der Waals surface area contributed by atoms with Gasteiger partial charge in [-0.1, -0.05) is 29.3 Å². The van der Waals surface area contributed by atoms with E-state index < -0.39 is 5.97 Å². The predicted molar refractivity (Wildman–Crippen MR) is 246 cm³/mol. The van der Waals surface area contributed by atoms with Crippen LogP contribution in [0.2, 0.25) is 10.0 Å². The number of halogens is 2. The Kier molecular flexibility index (Phi) is 13.1. The molecule has 324 valence electrons. The number of piperazine rings is 1. The normalized spacial score (nSPS) is 14.3. The van der Waals surface area contributed by atoms with E-state index in [0.29, 0.717) is 49.1 Å². The summed E-state index contributed by atoms with van der Waals surface area (Å²) < 4.78 is 18.3. The molecule has 3 aromatic heterocycles. The van der Waals surface area contributed by atoms with E-state index in [1.807, 2.05) is 82.9 Å². The van der Waals surface area contributed by atoms with Gasteiger partial charge in [0.1, 0.15) is 23.8 Å². The number of carbonyl (C=O) groups is 2. The van der Waals surface area contributed by atoms with Crippen molar-refractivity contribution in [3.63, 3.8) is 0 Å². The molecule has 3 aromatic carbocycles. The minimum absolute atomic E-state index is 0.184. The molecule has 7 rings (SSSR count). The number of rotatable bonds is 16. The summed E-state index contributed by atoms with van der Waals surface area (Å²) in [6.45, 7) is 16.3. The second-order valence-electron chi connectivity index (χ2n) is 16.7. The van der Waals surface area contributed by atoms with Crippen molar-refractivity contribution in [2.45, 2.75) is 53.5 Å². The molecule has 0 aliphatic carbocycles. The van der Waals surface area contributed by atoms with Gasteiger partial charge in [-0.05, 0) is 102 Å². The Labute approximate surface area is 368 Å². The van der Waals surface area contributed by atoms with E-state index in [1.54, 1.807) is 17.7 Å². The van der Waals surface area contributed by atoms with Gasteiger partial charge in [0.25, 0.3) is 0 Å². The first-order chi connectivity index (χ1) is 29.1. The van der Waals surface area contributed by atoms with Crippen molar-refractivity contribution in [1.82, 2.24) is 28.7 Å². The molecule has 61 heavy (non-hydrogen) atoms. The minimum atomic E-state index is -1.01. The van der Waals surface area contributed by atoms with Crippen LogP contribution in [0.4, 0.5) is 5.69 Å². The Morgan fingerprint density at radius 2 is 1.59 bits per heavy atom. The van der Waals surface area contributed by atoms with E-state index in [9.17, 15) is 14.7 Å². The maximum atomic E-state index is 13.5. The maximum Gasteiger partial charge on any atom is 0.352 e. The number of anilines is 1. The number of aryl methyl sites for hydroxylation is 6. The monoisotopic (exact) mass is 869 g/mol. The molecule has 6 aromatic rings. The topological polar surface area (TPSA) is 110 Å². The lowest BCUT2D eigenvalue weighted by atomic mass is 9.98. The zero-order valence-corrected chi connectivity index (χ0v) is 38.2. The van der Waals surface area contributed by atoms with Gasteiger partial charge in [0, 0.05) is 105 Å². The van der Waals surface area contributed by atoms with Crippen LogP contribution in [0.15, 0.2) is 42.5 Å². The third-order valence-corrected chi connectivity index (χ3v) is 13.3. The van der Waals surface area contributed by atoms with Crippen molar-refractivity contribution in [3.8, 4) is 22.6 Å². The van der Waals surface area contributed by atoms with Crippen LogP contribution in [-0.2, 0) is 20.5 Å². The van der Waals surface area contributed by atoms with Crippen LogP contribution >= 0.6 is 23.2 Å². The van der Waals surface area contributed by atoms with Gasteiger partial charge in [-0.3, -0.25) is 14.4 Å². The van der Waals surface area contributed by atoms with Gasteiger partial charge in [0.05, 0.1) is 39.7 Å². The van der Waals surface area contributed by atoms with Gasteiger partial charge in [0.2, 0.25) is 0 Å². The lowest BCUT2D eigenvalue weighted by Gasteiger charge is -2.32. The second-order valence-corrected chi connectivity index (χ2v) is 17.4. The van der Waals surface area contributed by atoms with E-state index in [2.05, 4.69) is 33.2 Å². The van der Waals surface area contributed by atoms with Crippen LogP contribution in [0.25, 0.3) is 32.9 Å². The Morgan fingerprint density at radius 3 is 2.23 bits per heavy atom. The number of hydrogen-bond acceptors (Lipinski definition) is 8. The van der Waals surface area contributed by atoms with Crippen molar-refractivity contribution in [3.05, 3.63) is 92.0 Å². The SMILES string of the molecule is Cc1cc(OCCCc2c(C=O)n([C@H](C)CN(C)c3cc(OCCN4CCN(C)CC4)cc4cc(C(=O)O)n(C)c34)c3c(-c4c(C)nn(C)c4C)c(Cl)ccc23)cc(C)c1Cl. The van der Waals surface area contributed by atoms with Crippen LogP contribution in [0.1, 0.15) is 68.4 Å². The molecule has 1 fully saturated rings. The van der Waals surface area contributed by atoms with Crippen LogP contribution < -0.4 is 14.4 Å². The molecule has 0 spiro atoms. The summed E-state index contributed by atoms with van der Waals surface area (Å²) >= 11 is 13.6.